The molecule has 0 fully saturated rings. The molecule has 0 saturated carbocycles. The van der Waals surface area contributed by atoms with E-state index >= 15 is 0 Å². The summed E-state index contributed by atoms with van der Waals surface area (Å²) in [4.78, 5) is 10.6. The van der Waals surface area contributed by atoms with Gasteiger partial charge in [0.1, 0.15) is 6.29 Å². The van der Waals surface area contributed by atoms with Crippen molar-refractivity contribution in [2.24, 2.45) is 11.8 Å². The Morgan fingerprint density at radius 1 is 1.25 bits per heavy atom. The minimum absolute atomic E-state index is 0.208. The van der Waals surface area contributed by atoms with E-state index in [1.54, 1.807) is 0 Å². The van der Waals surface area contributed by atoms with E-state index in [0.717, 1.165) is 19.1 Å². The van der Waals surface area contributed by atoms with Gasteiger partial charge in [0.25, 0.3) is 0 Å². The molecule has 0 aromatic heterocycles. The van der Waals surface area contributed by atoms with Crippen molar-refractivity contribution < 1.29 is 4.79 Å². The van der Waals surface area contributed by atoms with Crippen LogP contribution in [0.5, 0.6) is 0 Å². The summed E-state index contributed by atoms with van der Waals surface area (Å²) in [5.41, 5.74) is 1.49. The Morgan fingerprint density at radius 3 is 2.25 bits per heavy atom. The maximum Gasteiger partial charge on any atom is 0.122 e. The third-order valence-electron chi connectivity index (χ3n) is 2.74. The summed E-state index contributed by atoms with van der Waals surface area (Å²) in [5.74, 6) is 0.831. The molecule has 0 aliphatic rings. The Balaban J connectivity index is 4.03. The number of allylic oxidation sites excluding steroid dienone is 2. The molecule has 2 atom stereocenters. The molecule has 0 aromatic carbocycles. The zero-order chi connectivity index (χ0) is 12.8. The van der Waals surface area contributed by atoms with Crippen molar-refractivity contribution in [1.82, 2.24) is 0 Å². The molecule has 0 aromatic rings. The Labute approximate surface area is 102 Å². The van der Waals surface area contributed by atoms with Crippen LogP contribution in [0.25, 0.3) is 0 Å². The van der Waals surface area contributed by atoms with Gasteiger partial charge < -0.3 is 4.79 Å². The zero-order valence-corrected chi connectivity index (χ0v) is 12.8. The van der Waals surface area contributed by atoms with Crippen LogP contribution >= 0.6 is 0 Å². The molecular formula is C14H28OSi. The maximum absolute atomic E-state index is 10.6. The van der Waals surface area contributed by atoms with Crippen LogP contribution in [-0.2, 0) is 4.79 Å². The molecule has 16 heavy (non-hydrogen) atoms. The first-order valence-electron chi connectivity index (χ1n) is 6.35. The summed E-state index contributed by atoms with van der Waals surface area (Å²) in [6.07, 6.45) is 5.64. The zero-order valence-electron chi connectivity index (χ0n) is 11.8. The third-order valence-corrected chi connectivity index (χ3v) is 4.17. The number of rotatable bonds is 7. The van der Waals surface area contributed by atoms with Crippen molar-refractivity contribution in [1.29, 1.82) is 0 Å². The highest BCUT2D eigenvalue weighted by molar-refractivity contribution is 6.76. The molecule has 0 aliphatic heterocycles. The second-order valence-electron chi connectivity index (χ2n) is 6.47. The summed E-state index contributed by atoms with van der Waals surface area (Å²) >= 11 is 0. The molecule has 0 rings (SSSR count). The van der Waals surface area contributed by atoms with Gasteiger partial charge in [-0.05, 0) is 31.7 Å². The Kier molecular flexibility index (Phi) is 6.89. The van der Waals surface area contributed by atoms with E-state index in [1.165, 1.54) is 11.6 Å². The first-order chi connectivity index (χ1) is 7.24. The van der Waals surface area contributed by atoms with Crippen LogP contribution in [0, 0.1) is 11.8 Å². The molecule has 0 bridgehead atoms. The Hall–Kier alpha value is -0.373. The van der Waals surface area contributed by atoms with Gasteiger partial charge in [0.15, 0.2) is 0 Å². The van der Waals surface area contributed by atoms with Gasteiger partial charge in [-0.2, -0.15) is 0 Å². The second-order valence-corrected chi connectivity index (χ2v) is 12.0. The Bertz CT molecular complexity index is 238. The fourth-order valence-corrected chi connectivity index (χ4v) is 2.85. The molecule has 0 heterocycles. The lowest BCUT2D eigenvalue weighted by atomic mass is 9.93. The van der Waals surface area contributed by atoms with Crippen molar-refractivity contribution in [3.05, 3.63) is 11.6 Å². The fourth-order valence-electron chi connectivity index (χ4n) is 1.89. The molecule has 0 aliphatic carbocycles. The largest absolute Gasteiger partial charge is 0.303 e. The molecule has 2 heteroatoms. The minimum atomic E-state index is -0.942. The van der Waals surface area contributed by atoms with Gasteiger partial charge in [-0.1, -0.05) is 45.1 Å². The van der Waals surface area contributed by atoms with Crippen molar-refractivity contribution >= 4 is 14.4 Å². The summed E-state index contributed by atoms with van der Waals surface area (Å²) in [7, 11) is -0.942. The smallest absolute Gasteiger partial charge is 0.122 e. The van der Waals surface area contributed by atoms with Crippen molar-refractivity contribution in [3.63, 3.8) is 0 Å². The monoisotopic (exact) mass is 240 g/mol. The number of carbonyl (C=O) groups excluding carboxylic acids is 1. The van der Waals surface area contributed by atoms with Crippen LogP contribution in [0.4, 0.5) is 0 Å². The van der Waals surface area contributed by atoms with Gasteiger partial charge >= 0.3 is 0 Å². The highest BCUT2D eigenvalue weighted by Gasteiger charge is 2.12. The van der Waals surface area contributed by atoms with Gasteiger partial charge in [-0.15, -0.1) is 0 Å². The summed E-state index contributed by atoms with van der Waals surface area (Å²) in [5, 5.41) is 0. The van der Waals surface area contributed by atoms with Crippen LogP contribution in [-0.4, -0.2) is 14.4 Å². The fraction of sp³-hybridized carbons (Fsp3) is 0.786. The number of hydrogen-bond donors (Lipinski definition) is 0. The first kappa shape index (κ1) is 15.6. The van der Waals surface area contributed by atoms with Crippen LogP contribution in [0.15, 0.2) is 11.6 Å². The number of hydrogen-bond acceptors (Lipinski definition) is 1. The summed E-state index contributed by atoms with van der Waals surface area (Å²) in [6, 6.07) is 1.27. The quantitative estimate of drug-likeness (QED) is 0.363. The average Bonchev–Trinajstić information content (AvgIpc) is 2.13. The van der Waals surface area contributed by atoms with Gasteiger partial charge in [-0.3, -0.25) is 0 Å². The number of aldehydes is 1. The first-order valence-corrected chi connectivity index (χ1v) is 10.1. The third kappa shape index (κ3) is 8.90. The normalized spacial score (nSPS) is 17.0. The predicted octanol–water partition coefficient (Wildman–Crippen LogP) is 4.52. The maximum atomic E-state index is 10.6. The van der Waals surface area contributed by atoms with Crippen molar-refractivity contribution in [2.75, 3.05) is 0 Å². The topological polar surface area (TPSA) is 17.1 Å². The molecular weight excluding hydrogens is 212 g/mol. The minimum Gasteiger partial charge on any atom is -0.303 e. The average molecular weight is 240 g/mol. The van der Waals surface area contributed by atoms with E-state index in [0.29, 0.717) is 5.92 Å². The molecule has 1 nitrogen and oxygen atoms in total. The molecule has 0 spiro atoms. The van der Waals surface area contributed by atoms with E-state index in [4.69, 9.17) is 0 Å². The van der Waals surface area contributed by atoms with E-state index in [-0.39, 0.29) is 5.92 Å². The lowest BCUT2D eigenvalue weighted by molar-refractivity contribution is -0.111. The highest BCUT2D eigenvalue weighted by atomic mass is 28.3. The lowest BCUT2D eigenvalue weighted by Crippen LogP contribution is -2.17. The van der Waals surface area contributed by atoms with Crippen LogP contribution in [0.1, 0.15) is 33.6 Å². The molecule has 0 unspecified atom stereocenters. The molecule has 0 radical (unpaired) electrons. The molecule has 0 N–H and O–H groups in total. The molecule has 0 saturated heterocycles. The second kappa shape index (κ2) is 7.05. The van der Waals surface area contributed by atoms with E-state index in [9.17, 15) is 4.79 Å². The summed E-state index contributed by atoms with van der Waals surface area (Å²) in [6.45, 7) is 13.7. The lowest BCUT2D eigenvalue weighted by Gasteiger charge is -2.16. The van der Waals surface area contributed by atoms with Crippen LogP contribution < -0.4 is 0 Å². The standard InChI is InChI=1S/C14H28OSi/c1-12(7-8-16(4,5)6)9-13(2)10-14(3)11-15/h7,11,13-14H,8-10H2,1-6H3/b12-7-/t13-,14-/m1/s1. The van der Waals surface area contributed by atoms with Crippen LogP contribution in [0.2, 0.25) is 25.7 Å². The van der Waals surface area contributed by atoms with Crippen LogP contribution in [0.3, 0.4) is 0 Å². The van der Waals surface area contributed by atoms with Gasteiger partial charge in [0.2, 0.25) is 0 Å². The summed E-state index contributed by atoms with van der Waals surface area (Å²) < 4.78 is 0. The van der Waals surface area contributed by atoms with Gasteiger partial charge in [-0.25, -0.2) is 0 Å². The van der Waals surface area contributed by atoms with Crippen molar-refractivity contribution in [2.45, 2.75) is 59.3 Å². The molecule has 94 valence electrons. The SMILES string of the molecule is C/C(=C/C[Si](C)(C)C)C[C@@H](C)C[C@@H](C)C=O. The van der Waals surface area contributed by atoms with Gasteiger partial charge in [0, 0.05) is 14.0 Å². The van der Waals surface area contributed by atoms with E-state index in [1.807, 2.05) is 6.92 Å². The number of carbonyl (C=O) groups is 1. The highest BCUT2D eigenvalue weighted by Crippen LogP contribution is 2.20. The van der Waals surface area contributed by atoms with Crippen molar-refractivity contribution in [3.8, 4) is 0 Å². The van der Waals surface area contributed by atoms with E-state index in [2.05, 4.69) is 39.6 Å². The Morgan fingerprint density at radius 2 is 1.81 bits per heavy atom. The molecule has 0 amide bonds. The predicted molar refractivity (Wildman–Crippen MR) is 75.5 cm³/mol. The van der Waals surface area contributed by atoms with E-state index < -0.39 is 8.07 Å². The van der Waals surface area contributed by atoms with Gasteiger partial charge in [0.05, 0.1) is 0 Å².